The molecule has 21 heavy (non-hydrogen) atoms. The molecule has 7 heteroatoms. The van der Waals surface area contributed by atoms with E-state index >= 15 is 0 Å². The molecule has 0 saturated carbocycles. The molecular formula is C14H14N4O2S. The van der Waals surface area contributed by atoms with Gasteiger partial charge in [0, 0.05) is 17.8 Å². The number of oxazole rings is 1. The van der Waals surface area contributed by atoms with Crippen molar-refractivity contribution in [2.45, 2.75) is 18.7 Å². The van der Waals surface area contributed by atoms with Gasteiger partial charge in [0.2, 0.25) is 5.91 Å². The molecule has 3 aromatic rings. The Morgan fingerprint density at radius 3 is 3.05 bits per heavy atom. The van der Waals surface area contributed by atoms with E-state index in [1.165, 1.54) is 11.8 Å². The fourth-order valence-electron chi connectivity index (χ4n) is 1.84. The zero-order chi connectivity index (χ0) is 14.7. The van der Waals surface area contributed by atoms with Crippen LogP contribution in [0.1, 0.15) is 11.3 Å². The summed E-state index contributed by atoms with van der Waals surface area (Å²) in [4.78, 5) is 16.1. The van der Waals surface area contributed by atoms with Gasteiger partial charge in [-0.05, 0) is 19.1 Å². The van der Waals surface area contributed by atoms with Gasteiger partial charge in [-0.15, -0.1) is 0 Å². The lowest BCUT2D eigenvalue weighted by Gasteiger charge is -2.02. The van der Waals surface area contributed by atoms with Gasteiger partial charge in [-0.2, -0.15) is 5.10 Å². The summed E-state index contributed by atoms with van der Waals surface area (Å²) < 4.78 is 5.54. The second kappa shape index (κ2) is 6.01. The van der Waals surface area contributed by atoms with Crippen LogP contribution in [0.25, 0.3) is 11.1 Å². The first-order chi connectivity index (χ1) is 10.2. The largest absolute Gasteiger partial charge is 0.431 e. The third-order valence-electron chi connectivity index (χ3n) is 3.01. The van der Waals surface area contributed by atoms with Gasteiger partial charge < -0.3 is 9.73 Å². The molecule has 0 saturated heterocycles. The zero-order valence-electron chi connectivity index (χ0n) is 11.4. The number of nitrogens with one attached hydrogen (secondary N) is 2. The van der Waals surface area contributed by atoms with Crippen LogP contribution >= 0.6 is 11.8 Å². The Morgan fingerprint density at radius 2 is 2.29 bits per heavy atom. The average molecular weight is 302 g/mol. The van der Waals surface area contributed by atoms with Crippen molar-refractivity contribution in [1.82, 2.24) is 20.5 Å². The molecule has 108 valence electrons. The van der Waals surface area contributed by atoms with Crippen molar-refractivity contribution in [3.8, 4) is 0 Å². The van der Waals surface area contributed by atoms with Gasteiger partial charge in [0.1, 0.15) is 5.52 Å². The number of benzene rings is 1. The molecule has 0 spiro atoms. The first-order valence-corrected chi connectivity index (χ1v) is 7.45. The Balaban J connectivity index is 1.52. The van der Waals surface area contributed by atoms with E-state index in [1.54, 1.807) is 6.20 Å². The average Bonchev–Trinajstić information content (AvgIpc) is 3.08. The Hall–Kier alpha value is -2.28. The van der Waals surface area contributed by atoms with Gasteiger partial charge in [0.05, 0.1) is 11.9 Å². The van der Waals surface area contributed by atoms with Crippen molar-refractivity contribution in [2.75, 3.05) is 5.75 Å². The Kier molecular flexibility index (Phi) is 3.92. The van der Waals surface area contributed by atoms with Crippen LogP contribution < -0.4 is 5.32 Å². The molecule has 3 rings (SSSR count). The molecule has 0 aliphatic carbocycles. The van der Waals surface area contributed by atoms with Crippen molar-refractivity contribution < 1.29 is 9.21 Å². The fraction of sp³-hybridized carbons (Fsp3) is 0.214. The minimum Gasteiger partial charge on any atom is -0.431 e. The number of aromatic amines is 1. The van der Waals surface area contributed by atoms with E-state index < -0.39 is 0 Å². The number of para-hydroxylation sites is 2. The van der Waals surface area contributed by atoms with Gasteiger partial charge in [-0.3, -0.25) is 9.89 Å². The SMILES string of the molecule is Cc1[nH]ncc1CNC(=O)CSc1nc2ccccc2o1. The first-order valence-electron chi connectivity index (χ1n) is 6.46. The van der Waals surface area contributed by atoms with Crippen molar-refractivity contribution in [3.05, 3.63) is 41.7 Å². The number of hydrogen-bond acceptors (Lipinski definition) is 5. The summed E-state index contributed by atoms with van der Waals surface area (Å²) in [6.45, 7) is 2.39. The van der Waals surface area contributed by atoms with Crippen LogP contribution in [-0.4, -0.2) is 26.8 Å². The quantitative estimate of drug-likeness (QED) is 0.706. The summed E-state index contributed by atoms with van der Waals surface area (Å²) >= 11 is 1.28. The summed E-state index contributed by atoms with van der Waals surface area (Å²) in [5.74, 6) is 0.201. The molecule has 0 aliphatic heterocycles. The lowest BCUT2D eigenvalue weighted by Crippen LogP contribution is -2.24. The highest BCUT2D eigenvalue weighted by Gasteiger charge is 2.09. The number of amides is 1. The van der Waals surface area contributed by atoms with Gasteiger partial charge in [0.25, 0.3) is 5.22 Å². The third-order valence-corrected chi connectivity index (χ3v) is 3.84. The maximum absolute atomic E-state index is 11.8. The normalized spacial score (nSPS) is 10.9. The lowest BCUT2D eigenvalue weighted by atomic mass is 10.3. The van der Waals surface area contributed by atoms with E-state index in [-0.39, 0.29) is 11.7 Å². The molecule has 2 aromatic heterocycles. The molecule has 2 heterocycles. The molecule has 1 aromatic carbocycles. The van der Waals surface area contributed by atoms with Gasteiger partial charge >= 0.3 is 0 Å². The second-order valence-electron chi connectivity index (χ2n) is 4.53. The van der Waals surface area contributed by atoms with E-state index in [0.29, 0.717) is 11.8 Å². The van der Waals surface area contributed by atoms with E-state index in [4.69, 9.17) is 4.42 Å². The monoisotopic (exact) mass is 302 g/mol. The molecule has 1 amide bonds. The Labute approximate surface area is 125 Å². The van der Waals surface area contributed by atoms with Crippen LogP contribution in [0, 0.1) is 6.92 Å². The number of H-pyrrole nitrogens is 1. The maximum atomic E-state index is 11.8. The number of carbonyl (C=O) groups is 1. The first kappa shape index (κ1) is 13.7. The van der Waals surface area contributed by atoms with Gasteiger partial charge in [-0.1, -0.05) is 23.9 Å². The van der Waals surface area contributed by atoms with E-state index in [2.05, 4.69) is 20.5 Å². The molecule has 0 fully saturated rings. The number of hydrogen-bond donors (Lipinski definition) is 2. The van der Waals surface area contributed by atoms with Crippen LogP contribution in [0.2, 0.25) is 0 Å². The Morgan fingerprint density at radius 1 is 1.43 bits per heavy atom. The third kappa shape index (κ3) is 3.25. The molecular weight excluding hydrogens is 288 g/mol. The molecule has 2 N–H and O–H groups in total. The summed E-state index contributed by atoms with van der Waals surface area (Å²) in [7, 11) is 0. The number of thioether (sulfide) groups is 1. The standard InChI is InChI=1S/C14H14N4O2S/c1-9-10(7-16-18-9)6-15-13(19)8-21-14-17-11-4-2-3-5-12(11)20-14/h2-5,7H,6,8H2,1H3,(H,15,19)(H,16,18). The molecule has 0 unspecified atom stereocenters. The highest BCUT2D eigenvalue weighted by atomic mass is 32.2. The van der Waals surface area contributed by atoms with Crippen LogP contribution in [0.5, 0.6) is 0 Å². The van der Waals surface area contributed by atoms with Gasteiger partial charge in [0.15, 0.2) is 5.58 Å². The highest BCUT2D eigenvalue weighted by molar-refractivity contribution is 7.99. The minimum atomic E-state index is -0.0668. The van der Waals surface area contributed by atoms with Crippen LogP contribution in [0.3, 0.4) is 0 Å². The van der Waals surface area contributed by atoms with Crippen molar-refractivity contribution in [3.63, 3.8) is 0 Å². The second-order valence-corrected chi connectivity index (χ2v) is 5.46. The highest BCUT2D eigenvalue weighted by Crippen LogP contribution is 2.22. The molecule has 0 aliphatic rings. The number of fused-ring (bicyclic) bond motifs is 1. The lowest BCUT2D eigenvalue weighted by molar-refractivity contribution is -0.118. The maximum Gasteiger partial charge on any atom is 0.257 e. The summed E-state index contributed by atoms with van der Waals surface area (Å²) in [5, 5.41) is 10.1. The van der Waals surface area contributed by atoms with Crippen molar-refractivity contribution in [1.29, 1.82) is 0 Å². The molecule has 0 radical (unpaired) electrons. The van der Waals surface area contributed by atoms with Crippen LogP contribution in [-0.2, 0) is 11.3 Å². The van der Waals surface area contributed by atoms with Crippen molar-refractivity contribution >= 4 is 28.8 Å². The fourth-order valence-corrected chi connectivity index (χ4v) is 2.51. The molecule has 0 bridgehead atoms. The topological polar surface area (TPSA) is 83.8 Å². The smallest absolute Gasteiger partial charge is 0.257 e. The summed E-state index contributed by atoms with van der Waals surface area (Å²) in [6, 6.07) is 7.53. The predicted octanol–water partition coefficient (Wildman–Crippen LogP) is 2.27. The minimum absolute atomic E-state index is 0.0668. The summed E-state index contributed by atoms with van der Waals surface area (Å²) in [5.41, 5.74) is 3.47. The number of aryl methyl sites for hydroxylation is 1. The van der Waals surface area contributed by atoms with E-state index in [0.717, 1.165) is 22.4 Å². The predicted molar refractivity (Wildman–Crippen MR) is 79.9 cm³/mol. The zero-order valence-corrected chi connectivity index (χ0v) is 12.2. The van der Waals surface area contributed by atoms with E-state index in [1.807, 2.05) is 31.2 Å². The van der Waals surface area contributed by atoms with Crippen LogP contribution in [0.15, 0.2) is 40.1 Å². The number of rotatable bonds is 5. The molecule has 0 atom stereocenters. The Bertz CT molecular complexity index is 732. The number of carbonyl (C=O) groups excluding carboxylic acids is 1. The van der Waals surface area contributed by atoms with E-state index in [9.17, 15) is 4.79 Å². The van der Waals surface area contributed by atoms with Crippen molar-refractivity contribution in [2.24, 2.45) is 0 Å². The van der Waals surface area contributed by atoms with Gasteiger partial charge in [-0.25, -0.2) is 4.98 Å². The molecule has 6 nitrogen and oxygen atoms in total. The number of nitrogens with zero attached hydrogens (tertiary/aromatic N) is 2. The summed E-state index contributed by atoms with van der Waals surface area (Å²) in [6.07, 6.45) is 1.71. The van der Waals surface area contributed by atoms with Crippen LogP contribution in [0.4, 0.5) is 0 Å². The number of aromatic nitrogens is 3.